The van der Waals surface area contributed by atoms with Crippen molar-refractivity contribution in [2.24, 2.45) is 5.10 Å². The lowest BCUT2D eigenvalue weighted by Gasteiger charge is -2.14. The topological polar surface area (TPSA) is 65.7 Å². The molecule has 4 aromatic carbocycles. The average molecular weight is 589 g/mol. The summed E-state index contributed by atoms with van der Waals surface area (Å²) in [5.41, 5.74) is 2.84. The standard InChI is InChI=1S/C30H23BrClN3O3/c1-2-37-27-16-22(25(31)17-28(27)38-19-20-12-14-23(32)15-13-20)18-33-35-29(21-8-4-3-5-9-21)34-26-11-7-6-10-24(26)30(35)36/h3-18H,2,19H2,1H3. The molecular weight excluding hydrogens is 566 g/mol. The van der Waals surface area contributed by atoms with Crippen LogP contribution >= 0.6 is 27.5 Å². The van der Waals surface area contributed by atoms with Gasteiger partial charge < -0.3 is 9.47 Å². The highest BCUT2D eigenvalue weighted by atomic mass is 79.9. The van der Waals surface area contributed by atoms with Crippen molar-refractivity contribution >= 4 is 44.6 Å². The lowest BCUT2D eigenvalue weighted by Crippen LogP contribution is -2.20. The van der Waals surface area contributed by atoms with E-state index in [1.165, 1.54) is 4.68 Å². The highest BCUT2D eigenvalue weighted by Gasteiger charge is 2.14. The van der Waals surface area contributed by atoms with Gasteiger partial charge in [0.2, 0.25) is 0 Å². The van der Waals surface area contributed by atoms with E-state index in [0.717, 1.165) is 15.6 Å². The Balaban J connectivity index is 1.52. The summed E-state index contributed by atoms with van der Waals surface area (Å²) in [4.78, 5) is 18.2. The summed E-state index contributed by atoms with van der Waals surface area (Å²) in [6, 6.07) is 27.9. The summed E-state index contributed by atoms with van der Waals surface area (Å²) in [6.07, 6.45) is 1.61. The summed E-state index contributed by atoms with van der Waals surface area (Å²) in [5, 5.41) is 5.74. The molecular formula is C30H23BrClN3O3. The van der Waals surface area contributed by atoms with Gasteiger partial charge in [-0.3, -0.25) is 4.79 Å². The number of halogens is 2. The lowest BCUT2D eigenvalue weighted by molar-refractivity contribution is 0.269. The van der Waals surface area contributed by atoms with Crippen LogP contribution in [0.1, 0.15) is 18.1 Å². The zero-order chi connectivity index (χ0) is 26.5. The molecule has 0 unspecified atom stereocenters. The molecule has 0 aliphatic rings. The highest BCUT2D eigenvalue weighted by molar-refractivity contribution is 9.10. The van der Waals surface area contributed by atoms with Crippen molar-refractivity contribution < 1.29 is 9.47 Å². The van der Waals surface area contributed by atoms with Crippen LogP contribution in [0.3, 0.4) is 0 Å². The molecule has 0 amide bonds. The number of nitrogens with zero attached hydrogens (tertiary/aromatic N) is 3. The normalized spacial score (nSPS) is 11.2. The molecule has 0 saturated heterocycles. The van der Waals surface area contributed by atoms with E-state index in [9.17, 15) is 4.79 Å². The van der Waals surface area contributed by atoms with Crippen LogP contribution in [0.25, 0.3) is 22.3 Å². The highest BCUT2D eigenvalue weighted by Crippen LogP contribution is 2.34. The van der Waals surface area contributed by atoms with E-state index in [2.05, 4.69) is 21.0 Å². The van der Waals surface area contributed by atoms with Gasteiger partial charge >= 0.3 is 0 Å². The SMILES string of the molecule is CCOc1cc(C=Nn2c(-c3ccccc3)nc3ccccc3c2=O)c(Br)cc1OCc1ccc(Cl)cc1. The minimum atomic E-state index is -0.255. The number of fused-ring (bicyclic) bond motifs is 1. The molecule has 0 fully saturated rings. The minimum Gasteiger partial charge on any atom is -0.490 e. The smallest absolute Gasteiger partial charge is 0.282 e. The summed E-state index contributed by atoms with van der Waals surface area (Å²) >= 11 is 9.60. The predicted molar refractivity (Wildman–Crippen MR) is 156 cm³/mol. The first-order valence-electron chi connectivity index (χ1n) is 12.0. The zero-order valence-electron chi connectivity index (χ0n) is 20.5. The van der Waals surface area contributed by atoms with Gasteiger partial charge in [0.15, 0.2) is 17.3 Å². The van der Waals surface area contributed by atoms with Crippen LogP contribution in [0, 0.1) is 0 Å². The monoisotopic (exact) mass is 587 g/mol. The lowest BCUT2D eigenvalue weighted by atomic mass is 10.2. The van der Waals surface area contributed by atoms with Gasteiger partial charge in [-0.2, -0.15) is 9.78 Å². The largest absolute Gasteiger partial charge is 0.490 e. The molecule has 5 rings (SSSR count). The van der Waals surface area contributed by atoms with E-state index in [-0.39, 0.29) is 5.56 Å². The number of benzene rings is 4. The minimum absolute atomic E-state index is 0.255. The van der Waals surface area contributed by atoms with E-state index in [0.29, 0.717) is 52.0 Å². The molecule has 6 nitrogen and oxygen atoms in total. The van der Waals surface area contributed by atoms with Gasteiger partial charge in [-0.05, 0) is 64.8 Å². The van der Waals surface area contributed by atoms with Crippen molar-refractivity contribution in [2.45, 2.75) is 13.5 Å². The van der Waals surface area contributed by atoms with Gasteiger partial charge in [0.1, 0.15) is 6.61 Å². The molecule has 1 heterocycles. The summed E-state index contributed by atoms with van der Waals surface area (Å²) in [5.74, 6) is 1.60. The summed E-state index contributed by atoms with van der Waals surface area (Å²) in [6.45, 7) is 2.72. The Bertz CT molecular complexity index is 1670. The van der Waals surface area contributed by atoms with Gasteiger partial charge in [0.05, 0.1) is 23.7 Å². The third-order valence-electron chi connectivity index (χ3n) is 5.77. The maximum Gasteiger partial charge on any atom is 0.282 e. The Morgan fingerprint density at radius 1 is 0.947 bits per heavy atom. The molecule has 0 aliphatic heterocycles. The van der Waals surface area contributed by atoms with Crippen molar-refractivity contribution in [1.29, 1.82) is 0 Å². The Morgan fingerprint density at radius 3 is 2.42 bits per heavy atom. The Hall–Kier alpha value is -3.94. The van der Waals surface area contributed by atoms with E-state index >= 15 is 0 Å². The predicted octanol–water partition coefficient (Wildman–Crippen LogP) is 7.34. The number of aromatic nitrogens is 2. The maximum atomic E-state index is 13.4. The molecule has 38 heavy (non-hydrogen) atoms. The molecule has 0 atom stereocenters. The van der Waals surface area contributed by atoms with E-state index in [4.69, 9.17) is 26.1 Å². The van der Waals surface area contributed by atoms with E-state index in [1.54, 1.807) is 12.3 Å². The Labute approximate surface area is 233 Å². The second-order valence-corrected chi connectivity index (χ2v) is 9.64. The molecule has 0 aliphatic carbocycles. The van der Waals surface area contributed by atoms with Crippen LogP contribution in [0.5, 0.6) is 11.5 Å². The van der Waals surface area contributed by atoms with Crippen molar-refractivity contribution in [3.63, 3.8) is 0 Å². The van der Waals surface area contributed by atoms with Gasteiger partial charge in [-0.15, -0.1) is 0 Å². The fraction of sp³-hybridized carbons (Fsp3) is 0.100. The molecule has 190 valence electrons. The van der Waals surface area contributed by atoms with Crippen LogP contribution in [0.15, 0.2) is 105 Å². The molecule has 8 heteroatoms. The fourth-order valence-corrected chi connectivity index (χ4v) is 4.45. The van der Waals surface area contributed by atoms with E-state index < -0.39 is 0 Å². The fourth-order valence-electron chi connectivity index (χ4n) is 3.90. The summed E-state index contributed by atoms with van der Waals surface area (Å²) < 4.78 is 14.0. The third kappa shape index (κ3) is 5.64. The molecule has 0 saturated carbocycles. The molecule has 5 aromatic rings. The number of hydrogen-bond donors (Lipinski definition) is 0. The van der Waals surface area contributed by atoms with Gasteiger partial charge in [0, 0.05) is 20.6 Å². The Morgan fingerprint density at radius 2 is 1.66 bits per heavy atom. The molecule has 0 bridgehead atoms. The van der Waals surface area contributed by atoms with Crippen LogP contribution in [-0.4, -0.2) is 22.5 Å². The summed E-state index contributed by atoms with van der Waals surface area (Å²) in [7, 11) is 0. The molecule has 0 N–H and O–H groups in total. The first-order chi connectivity index (χ1) is 18.5. The second-order valence-electron chi connectivity index (χ2n) is 8.35. The average Bonchev–Trinajstić information content (AvgIpc) is 2.94. The maximum absolute atomic E-state index is 13.4. The second kappa shape index (κ2) is 11.6. The molecule has 0 spiro atoms. The number of rotatable bonds is 8. The quantitative estimate of drug-likeness (QED) is 0.178. The van der Waals surface area contributed by atoms with Crippen LogP contribution in [0.4, 0.5) is 0 Å². The van der Waals surface area contributed by atoms with Crippen LogP contribution in [0.2, 0.25) is 5.02 Å². The molecule has 0 radical (unpaired) electrons. The van der Waals surface area contributed by atoms with Crippen LogP contribution < -0.4 is 15.0 Å². The van der Waals surface area contributed by atoms with Crippen LogP contribution in [-0.2, 0) is 6.61 Å². The Kier molecular flexibility index (Phi) is 7.86. The van der Waals surface area contributed by atoms with Crippen molar-refractivity contribution in [3.05, 3.63) is 122 Å². The first-order valence-corrected chi connectivity index (χ1v) is 13.2. The van der Waals surface area contributed by atoms with Gasteiger partial charge in [-0.25, -0.2) is 4.98 Å². The third-order valence-corrected chi connectivity index (χ3v) is 6.71. The van der Waals surface area contributed by atoms with Crippen molar-refractivity contribution in [1.82, 2.24) is 9.66 Å². The zero-order valence-corrected chi connectivity index (χ0v) is 22.8. The molecule has 1 aromatic heterocycles. The van der Waals surface area contributed by atoms with Crippen molar-refractivity contribution in [2.75, 3.05) is 6.61 Å². The van der Waals surface area contributed by atoms with Crippen molar-refractivity contribution in [3.8, 4) is 22.9 Å². The van der Waals surface area contributed by atoms with Gasteiger partial charge in [-0.1, -0.05) is 66.2 Å². The number of ether oxygens (including phenoxy) is 2. The van der Waals surface area contributed by atoms with E-state index in [1.807, 2.05) is 91.9 Å². The first kappa shape index (κ1) is 25.7. The number of hydrogen-bond acceptors (Lipinski definition) is 5. The number of para-hydroxylation sites is 1. The van der Waals surface area contributed by atoms with Gasteiger partial charge in [0.25, 0.3) is 5.56 Å².